The Kier molecular flexibility index (Phi) is 5.23. The van der Waals surface area contributed by atoms with Crippen molar-refractivity contribution in [2.24, 2.45) is 23.5 Å². The fourth-order valence-corrected chi connectivity index (χ4v) is 3.55. The lowest BCUT2D eigenvalue weighted by molar-refractivity contribution is 0.180. The second kappa shape index (κ2) is 6.71. The van der Waals surface area contributed by atoms with Crippen molar-refractivity contribution in [2.75, 3.05) is 6.54 Å². The third kappa shape index (κ3) is 3.49. The third-order valence-corrected chi connectivity index (χ3v) is 5.07. The number of halogens is 2. The van der Waals surface area contributed by atoms with Gasteiger partial charge in [0.1, 0.15) is 5.82 Å². The molecule has 19 heavy (non-hydrogen) atoms. The molecule has 1 aliphatic rings. The van der Waals surface area contributed by atoms with Crippen molar-refractivity contribution in [2.45, 2.75) is 39.0 Å². The zero-order valence-electron chi connectivity index (χ0n) is 11.5. The van der Waals surface area contributed by atoms with Gasteiger partial charge in [-0.05, 0) is 55.2 Å². The Morgan fingerprint density at radius 2 is 2.11 bits per heavy atom. The predicted molar refractivity (Wildman–Crippen MR) is 78.8 cm³/mol. The topological polar surface area (TPSA) is 26.0 Å². The quantitative estimate of drug-likeness (QED) is 0.869. The van der Waals surface area contributed by atoms with Crippen LogP contribution in [0.25, 0.3) is 0 Å². The summed E-state index contributed by atoms with van der Waals surface area (Å²) in [5.41, 5.74) is 6.83. The molecule has 106 valence electrons. The Balaban J connectivity index is 2.12. The van der Waals surface area contributed by atoms with E-state index in [9.17, 15) is 4.39 Å². The van der Waals surface area contributed by atoms with Gasteiger partial charge < -0.3 is 5.73 Å². The van der Waals surface area contributed by atoms with Crippen LogP contribution in [0.1, 0.15) is 38.2 Å². The molecule has 1 saturated carbocycles. The van der Waals surface area contributed by atoms with Crippen LogP contribution >= 0.6 is 11.6 Å². The SMILES string of the molecule is CCC1CCC(CN)C(Cc2cccc(F)c2Cl)C1. The highest BCUT2D eigenvalue weighted by Gasteiger charge is 2.29. The van der Waals surface area contributed by atoms with Crippen LogP contribution in [0.3, 0.4) is 0 Å². The lowest BCUT2D eigenvalue weighted by Crippen LogP contribution is -2.31. The second-order valence-corrected chi connectivity index (χ2v) is 6.14. The summed E-state index contributed by atoms with van der Waals surface area (Å²) in [6, 6.07) is 5.10. The van der Waals surface area contributed by atoms with Gasteiger partial charge in [0.05, 0.1) is 5.02 Å². The Morgan fingerprint density at radius 3 is 2.79 bits per heavy atom. The normalized spacial score (nSPS) is 27.5. The molecule has 0 heterocycles. The van der Waals surface area contributed by atoms with Gasteiger partial charge in [-0.15, -0.1) is 0 Å². The van der Waals surface area contributed by atoms with Crippen molar-refractivity contribution in [1.29, 1.82) is 0 Å². The summed E-state index contributed by atoms with van der Waals surface area (Å²) >= 11 is 6.07. The number of rotatable bonds is 4. The molecule has 1 aromatic rings. The van der Waals surface area contributed by atoms with Crippen LogP contribution in [0, 0.1) is 23.6 Å². The van der Waals surface area contributed by atoms with Crippen LogP contribution in [0.5, 0.6) is 0 Å². The minimum absolute atomic E-state index is 0.289. The van der Waals surface area contributed by atoms with Gasteiger partial charge in [0.2, 0.25) is 0 Å². The summed E-state index contributed by atoms with van der Waals surface area (Å²) in [4.78, 5) is 0. The average Bonchev–Trinajstić information content (AvgIpc) is 2.43. The fourth-order valence-electron chi connectivity index (χ4n) is 3.34. The van der Waals surface area contributed by atoms with Gasteiger partial charge in [-0.3, -0.25) is 0 Å². The molecule has 3 atom stereocenters. The number of nitrogens with two attached hydrogens (primary N) is 1. The van der Waals surface area contributed by atoms with Gasteiger partial charge >= 0.3 is 0 Å². The van der Waals surface area contributed by atoms with Crippen LogP contribution in [-0.4, -0.2) is 6.54 Å². The van der Waals surface area contributed by atoms with E-state index in [2.05, 4.69) is 6.92 Å². The van der Waals surface area contributed by atoms with E-state index >= 15 is 0 Å². The van der Waals surface area contributed by atoms with Gasteiger partial charge in [0.25, 0.3) is 0 Å². The number of benzene rings is 1. The lowest BCUT2D eigenvalue weighted by atomic mass is 9.71. The maximum Gasteiger partial charge on any atom is 0.142 e. The Labute approximate surface area is 120 Å². The Bertz CT molecular complexity index is 421. The first-order chi connectivity index (χ1) is 9.15. The minimum atomic E-state index is -0.314. The molecule has 0 aromatic heterocycles. The van der Waals surface area contributed by atoms with Crippen LogP contribution in [0.15, 0.2) is 18.2 Å². The number of hydrogen-bond donors (Lipinski definition) is 1. The predicted octanol–water partition coefficient (Wildman–Crippen LogP) is 4.42. The lowest BCUT2D eigenvalue weighted by Gasteiger charge is -2.35. The van der Waals surface area contributed by atoms with E-state index in [-0.39, 0.29) is 10.8 Å². The Morgan fingerprint density at radius 1 is 1.32 bits per heavy atom. The van der Waals surface area contributed by atoms with E-state index in [4.69, 9.17) is 17.3 Å². The zero-order valence-corrected chi connectivity index (χ0v) is 12.3. The number of hydrogen-bond acceptors (Lipinski definition) is 1. The van der Waals surface area contributed by atoms with Gasteiger partial charge in [-0.2, -0.15) is 0 Å². The zero-order chi connectivity index (χ0) is 13.8. The van der Waals surface area contributed by atoms with Crippen molar-refractivity contribution in [3.63, 3.8) is 0 Å². The molecule has 0 amide bonds. The van der Waals surface area contributed by atoms with Gasteiger partial charge in [0.15, 0.2) is 0 Å². The first-order valence-electron chi connectivity index (χ1n) is 7.28. The van der Waals surface area contributed by atoms with Crippen molar-refractivity contribution in [3.05, 3.63) is 34.6 Å². The molecule has 1 aromatic carbocycles. The van der Waals surface area contributed by atoms with Crippen LogP contribution in [-0.2, 0) is 6.42 Å². The summed E-state index contributed by atoms with van der Waals surface area (Å²) in [6.45, 7) is 2.98. The van der Waals surface area contributed by atoms with Crippen LogP contribution < -0.4 is 5.73 Å². The van der Waals surface area contributed by atoms with E-state index in [0.717, 1.165) is 24.4 Å². The smallest absolute Gasteiger partial charge is 0.142 e. The van der Waals surface area contributed by atoms with Crippen molar-refractivity contribution < 1.29 is 4.39 Å². The molecule has 3 heteroatoms. The van der Waals surface area contributed by atoms with E-state index in [1.54, 1.807) is 6.07 Å². The molecule has 1 nitrogen and oxygen atoms in total. The summed E-state index contributed by atoms with van der Waals surface area (Å²) in [5.74, 6) is 1.58. The monoisotopic (exact) mass is 283 g/mol. The maximum atomic E-state index is 13.5. The second-order valence-electron chi connectivity index (χ2n) is 5.76. The molecule has 1 fully saturated rings. The summed E-state index contributed by atoms with van der Waals surface area (Å²) in [5, 5.41) is 0.289. The van der Waals surface area contributed by atoms with E-state index in [1.807, 2.05) is 6.07 Å². The van der Waals surface area contributed by atoms with E-state index in [0.29, 0.717) is 11.8 Å². The third-order valence-electron chi connectivity index (χ3n) is 4.64. The molecule has 3 unspecified atom stereocenters. The van der Waals surface area contributed by atoms with Gasteiger partial charge in [-0.1, -0.05) is 43.5 Å². The van der Waals surface area contributed by atoms with E-state index < -0.39 is 0 Å². The van der Waals surface area contributed by atoms with Crippen molar-refractivity contribution >= 4 is 11.6 Å². The molecule has 0 radical (unpaired) electrons. The van der Waals surface area contributed by atoms with Crippen molar-refractivity contribution in [1.82, 2.24) is 0 Å². The molecule has 0 spiro atoms. The first kappa shape index (κ1) is 14.8. The van der Waals surface area contributed by atoms with Crippen LogP contribution in [0.2, 0.25) is 5.02 Å². The van der Waals surface area contributed by atoms with E-state index in [1.165, 1.54) is 31.7 Å². The highest BCUT2D eigenvalue weighted by atomic mass is 35.5. The molecular weight excluding hydrogens is 261 g/mol. The largest absolute Gasteiger partial charge is 0.330 e. The molecule has 0 bridgehead atoms. The fraction of sp³-hybridized carbons (Fsp3) is 0.625. The molecule has 2 rings (SSSR count). The van der Waals surface area contributed by atoms with Crippen LogP contribution in [0.4, 0.5) is 4.39 Å². The molecule has 2 N–H and O–H groups in total. The minimum Gasteiger partial charge on any atom is -0.330 e. The average molecular weight is 284 g/mol. The highest BCUT2D eigenvalue weighted by molar-refractivity contribution is 6.31. The molecule has 0 saturated heterocycles. The van der Waals surface area contributed by atoms with Crippen molar-refractivity contribution in [3.8, 4) is 0 Å². The first-order valence-corrected chi connectivity index (χ1v) is 7.66. The standard InChI is InChI=1S/C16H23ClFN/c1-2-11-6-7-13(10-19)14(8-11)9-12-4-3-5-15(18)16(12)17/h3-5,11,13-14H,2,6-10,19H2,1H3. The van der Waals surface area contributed by atoms with Gasteiger partial charge in [0, 0.05) is 0 Å². The highest BCUT2D eigenvalue weighted by Crippen LogP contribution is 2.38. The molecular formula is C16H23ClFN. The molecule has 1 aliphatic carbocycles. The van der Waals surface area contributed by atoms with Gasteiger partial charge in [-0.25, -0.2) is 4.39 Å². The summed E-state index contributed by atoms with van der Waals surface area (Å²) < 4.78 is 13.5. The summed E-state index contributed by atoms with van der Waals surface area (Å²) in [7, 11) is 0. The Hall–Kier alpha value is -0.600. The maximum absolute atomic E-state index is 13.5. The summed E-state index contributed by atoms with van der Waals surface area (Å²) in [6.07, 6.45) is 5.77. The molecule has 0 aliphatic heterocycles.